The summed E-state index contributed by atoms with van der Waals surface area (Å²) >= 11 is 1.48. The molecule has 27 heavy (non-hydrogen) atoms. The van der Waals surface area contributed by atoms with Gasteiger partial charge in [-0.15, -0.1) is 11.3 Å². The topological polar surface area (TPSA) is 52.3 Å². The number of hydrogen-bond acceptors (Lipinski definition) is 4. The molecule has 1 rings (SSSR count). The van der Waals surface area contributed by atoms with Crippen molar-refractivity contribution < 1.29 is 9.53 Å². The summed E-state index contributed by atoms with van der Waals surface area (Å²) in [5.74, 6) is 0.883. The van der Waals surface area contributed by atoms with E-state index >= 15 is 0 Å². The number of ketones is 1. The maximum absolute atomic E-state index is 12.2. The van der Waals surface area contributed by atoms with E-state index in [0.717, 1.165) is 33.1 Å². The second-order valence-electron chi connectivity index (χ2n) is 6.18. The predicted octanol–water partition coefficient (Wildman–Crippen LogP) is 4.89. The first-order valence-electron chi connectivity index (χ1n) is 9.27. The Labute approximate surface area is 166 Å². The zero-order chi connectivity index (χ0) is 20.4. The predicted molar refractivity (Wildman–Crippen MR) is 119 cm³/mol. The average Bonchev–Trinajstić information content (AvgIpc) is 2.96. The average molecular weight is 386 g/mol. The summed E-state index contributed by atoms with van der Waals surface area (Å²) < 4.78 is 6.93. The van der Waals surface area contributed by atoms with Crippen LogP contribution in [0, 0.1) is 0 Å². The molecule has 0 aliphatic carbocycles. The molecule has 0 aliphatic heterocycles. The van der Waals surface area contributed by atoms with Gasteiger partial charge in [0.15, 0.2) is 5.78 Å². The Morgan fingerprint density at radius 3 is 2.56 bits per heavy atom. The van der Waals surface area contributed by atoms with E-state index in [0.29, 0.717) is 23.6 Å². The Balaban J connectivity index is 3.32. The number of carbonyl (C=O) groups excluding carboxylic acids is 1. The van der Waals surface area contributed by atoms with Crippen LogP contribution in [0.4, 0.5) is 5.69 Å². The molecular weight excluding hydrogens is 354 g/mol. The van der Waals surface area contributed by atoms with Crippen LogP contribution in [0.2, 0.25) is 0 Å². The van der Waals surface area contributed by atoms with Crippen LogP contribution in [0.15, 0.2) is 48.3 Å². The molecule has 0 bridgehead atoms. The van der Waals surface area contributed by atoms with Crippen molar-refractivity contribution >= 4 is 34.5 Å². The number of thiophene rings is 1. The maximum Gasteiger partial charge on any atom is 0.174 e. The van der Waals surface area contributed by atoms with E-state index in [1.54, 1.807) is 6.08 Å². The largest absolute Gasteiger partial charge is 0.494 e. The highest BCUT2D eigenvalue weighted by Gasteiger charge is 2.13. The quantitative estimate of drug-likeness (QED) is 0.374. The minimum absolute atomic E-state index is 0.0878. The summed E-state index contributed by atoms with van der Waals surface area (Å²) in [7, 11) is 0. The van der Waals surface area contributed by atoms with E-state index in [4.69, 9.17) is 10.5 Å². The van der Waals surface area contributed by atoms with Gasteiger partial charge in [0.2, 0.25) is 0 Å². The van der Waals surface area contributed by atoms with E-state index < -0.39 is 0 Å². The molecule has 0 aromatic carbocycles. The molecule has 0 amide bonds. The number of hydrogen-bond donors (Lipinski definition) is 1. The van der Waals surface area contributed by atoms with Gasteiger partial charge < -0.3 is 10.5 Å². The first kappa shape index (κ1) is 22.7. The second-order valence-corrected chi connectivity index (χ2v) is 7.23. The van der Waals surface area contributed by atoms with Crippen LogP contribution in [0.25, 0.3) is 11.6 Å². The van der Waals surface area contributed by atoms with Gasteiger partial charge in [0.1, 0.15) is 6.61 Å². The first-order valence-corrected chi connectivity index (χ1v) is 10.1. The van der Waals surface area contributed by atoms with Gasteiger partial charge in [0.25, 0.3) is 0 Å². The molecule has 0 radical (unpaired) electrons. The summed E-state index contributed by atoms with van der Waals surface area (Å²) in [6, 6.07) is 0. The highest BCUT2D eigenvalue weighted by atomic mass is 32.1. The number of anilines is 1. The van der Waals surface area contributed by atoms with Gasteiger partial charge in [-0.1, -0.05) is 50.8 Å². The second kappa shape index (κ2) is 11.4. The van der Waals surface area contributed by atoms with E-state index in [1.165, 1.54) is 11.3 Å². The molecule has 0 saturated carbocycles. The zero-order valence-corrected chi connectivity index (χ0v) is 17.9. The van der Waals surface area contributed by atoms with Crippen molar-refractivity contribution in [1.82, 2.24) is 0 Å². The van der Waals surface area contributed by atoms with Crippen LogP contribution in [-0.2, 0) is 4.74 Å². The molecule has 1 aromatic heterocycles. The number of carbonyl (C=O) groups is 1. The fraction of sp³-hybridized carbons (Fsp3) is 0.348. The Bertz CT molecular complexity index is 882. The van der Waals surface area contributed by atoms with Crippen molar-refractivity contribution in [3.05, 3.63) is 62.9 Å². The lowest BCUT2D eigenvalue weighted by atomic mass is 10.1. The van der Waals surface area contributed by atoms with Crippen LogP contribution in [0.5, 0.6) is 0 Å². The van der Waals surface area contributed by atoms with Crippen molar-refractivity contribution in [1.29, 1.82) is 0 Å². The van der Waals surface area contributed by atoms with Crippen molar-refractivity contribution in [3.8, 4) is 0 Å². The van der Waals surface area contributed by atoms with Crippen LogP contribution in [0.3, 0.4) is 0 Å². The molecule has 0 fully saturated rings. The zero-order valence-electron chi connectivity index (χ0n) is 17.1. The Morgan fingerprint density at radius 2 is 2.00 bits per heavy atom. The molecule has 2 N–H and O–H groups in total. The van der Waals surface area contributed by atoms with Crippen molar-refractivity contribution in [2.75, 3.05) is 12.3 Å². The Kier molecular flexibility index (Phi) is 9.59. The maximum atomic E-state index is 12.2. The van der Waals surface area contributed by atoms with E-state index in [-0.39, 0.29) is 5.78 Å². The van der Waals surface area contributed by atoms with Gasteiger partial charge >= 0.3 is 0 Å². The fourth-order valence-corrected chi connectivity index (χ4v) is 4.01. The van der Waals surface area contributed by atoms with Gasteiger partial charge in [0.05, 0.1) is 16.3 Å². The highest BCUT2D eigenvalue weighted by molar-refractivity contribution is 7.12. The fourth-order valence-electron chi connectivity index (χ4n) is 2.70. The molecule has 146 valence electrons. The number of Topliss-reactive ketones (excluding diaryl/α,β-unsaturated/α-hetero) is 1. The van der Waals surface area contributed by atoms with Crippen molar-refractivity contribution in [2.24, 2.45) is 0 Å². The standard InChI is InChI=1S/C23H31NO2S/c1-7-11-18(12-8-2)15-26-17(6)14-16(5)21-20(13-9-3)27-23(22(21)24)19(25)10-4/h7-8,11-14H,1,9-10,15,24H2,2-6H3/b12-8-,17-14+,18-11+,20-13-,21-16+. The monoisotopic (exact) mass is 385 g/mol. The highest BCUT2D eigenvalue weighted by Crippen LogP contribution is 2.15. The SMILES string of the molecule is C=C/C=C(\C=C/C)CO/C(C)=C/C(C)=c1/c(N)c(C(=O)CC)s/c1=C\CC. The van der Waals surface area contributed by atoms with Crippen molar-refractivity contribution in [2.45, 2.75) is 47.5 Å². The van der Waals surface area contributed by atoms with Gasteiger partial charge in [-0.25, -0.2) is 0 Å². The van der Waals surface area contributed by atoms with Gasteiger partial charge in [-0.3, -0.25) is 4.79 Å². The number of ether oxygens (including phenoxy) is 1. The normalized spacial score (nSPS) is 14.6. The van der Waals surface area contributed by atoms with E-state index in [2.05, 4.69) is 19.6 Å². The molecule has 3 nitrogen and oxygen atoms in total. The molecule has 0 unspecified atom stereocenters. The molecule has 0 atom stereocenters. The molecule has 4 heteroatoms. The minimum atomic E-state index is 0.0878. The third-order valence-electron chi connectivity index (χ3n) is 3.93. The molecule has 1 aromatic rings. The summed E-state index contributed by atoms with van der Waals surface area (Å²) in [5, 5.41) is 0.942. The lowest BCUT2D eigenvalue weighted by Crippen LogP contribution is -2.23. The number of nitrogen functional groups attached to an aromatic ring is 1. The lowest BCUT2D eigenvalue weighted by molar-refractivity contribution is 0.0993. The smallest absolute Gasteiger partial charge is 0.174 e. The van der Waals surface area contributed by atoms with Crippen LogP contribution in [-0.4, -0.2) is 12.4 Å². The molecular formula is C23H31NO2S. The summed E-state index contributed by atoms with van der Waals surface area (Å²) in [6.07, 6.45) is 13.1. The number of nitrogens with two attached hydrogens (primary N) is 1. The van der Waals surface area contributed by atoms with Crippen LogP contribution in [0.1, 0.15) is 57.1 Å². The molecule has 0 saturated heterocycles. The van der Waals surface area contributed by atoms with Gasteiger partial charge in [-0.05, 0) is 44.4 Å². The third-order valence-corrected chi connectivity index (χ3v) is 5.17. The van der Waals surface area contributed by atoms with Gasteiger partial charge in [-0.2, -0.15) is 0 Å². The van der Waals surface area contributed by atoms with Crippen LogP contribution < -0.4 is 15.5 Å². The molecule has 0 aliphatic rings. The summed E-state index contributed by atoms with van der Waals surface area (Å²) in [4.78, 5) is 12.9. The summed E-state index contributed by atoms with van der Waals surface area (Å²) in [5.41, 5.74) is 8.96. The van der Waals surface area contributed by atoms with Gasteiger partial charge in [0, 0.05) is 16.2 Å². The number of rotatable bonds is 9. The third kappa shape index (κ3) is 6.40. The number of allylic oxidation sites excluding steroid dienone is 5. The van der Waals surface area contributed by atoms with Crippen molar-refractivity contribution in [3.63, 3.8) is 0 Å². The molecule has 1 heterocycles. The van der Waals surface area contributed by atoms with E-state index in [1.807, 2.05) is 52.0 Å². The Morgan fingerprint density at radius 1 is 1.30 bits per heavy atom. The van der Waals surface area contributed by atoms with E-state index in [9.17, 15) is 4.79 Å². The first-order chi connectivity index (χ1) is 12.9. The molecule has 0 spiro atoms. The lowest BCUT2D eigenvalue weighted by Gasteiger charge is -2.07. The summed E-state index contributed by atoms with van der Waals surface area (Å²) in [6.45, 7) is 14.0. The minimum Gasteiger partial charge on any atom is -0.494 e. The van der Waals surface area contributed by atoms with Crippen LogP contribution >= 0.6 is 11.3 Å². The Hall–Kier alpha value is -2.33.